The highest BCUT2D eigenvalue weighted by Gasteiger charge is 2.01. The zero-order valence-electron chi connectivity index (χ0n) is 13.5. The highest BCUT2D eigenvalue weighted by molar-refractivity contribution is 14.1. The van der Waals surface area contributed by atoms with E-state index in [1.165, 1.54) is 12.8 Å². The van der Waals surface area contributed by atoms with Gasteiger partial charge >= 0.3 is 0 Å². The fraction of sp³-hybridized carbons (Fsp3) is 0.500. The first kappa shape index (κ1) is 26.0. The van der Waals surface area contributed by atoms with E-state index in [2.05, 4.69) is 42.5 Å². The lowest BCUT2D eigenvalue weighted by Gasteiger charge is -1.96. The molecule has 0 saturated carbocycles. The van der Waals surface area contributed by atoms with Gasteiger partial charge in [-0.25, -0.2) is 19.9 Å². The van der Waals surface area contributed by atoms with Crippen molar-refractivity contribution in [2.45, 2.75) is 38.0 Å². The van der Waals surface area contributed by atoms with Crippen LogP contribution in [0.4, 0.5) is 0 Å². The van der Waals surface area contributed by atoms with Gasteiger partial charge in [-0.1, -0.05) is 60.1 Å². The number of hydrogen-bond acceptors (Lipinski definition) is 5. The molecule has 10 heteroatoms. The molecule has 0 atom stereocenters. The first-order valence-electron chi connectivity index (χ1n) is 7.45. The number of nitrogens with zero attached hydrogens (tertiary/aromatic N) is 4. The smallest absolute Gasteiger partial charge is 0.223 e. The molecular formula is C16H21Cl4IN4O. The molecule has 1 saturated heterocycles. The van der Waals surface area contributed by atoms with Gasteiger partial charge in [-0.15, -0.1) is 0 Å². The second-order valence-electron chi connectivity index (χ2n) is 4.72. The second kappa shape index (κ2) is 15.0. The van der Waals surface area contributed by atoms with Crippen LogP contribution in [0.1, 0.15) is 38.3 Å². The summed E-state index contributed by atoms with van der Waals surface area (Å²) in [5.74, 6) is 0. The molecule has 2 aromatic heterocycles. The first-order valence-corrected chi connectivity index (χ1v) is 10.5. The van der Waals surface area contributed by atoms with Gasteiger partial charge in [0.2, 0.25) is 10.6 Å². The molecule has 3 heterocycles. The summed E-state index contributed by atoms with van der Waals surface area (Å²) in [5, 5.41) is 1.28. The number of hydrogen-bond donors (Lipinski definition) is 0. The van der Waals surface area contributed by atoms with Crippen LogP contribution < -0.4 is 0 Å². The maximum Gasteiger partial charge on any atom is 0.223 e. The first-order chi connectivity index (χ1) is 12.0. The lowest BCUT2D eigenvalue weighted by atomic mass is 10.3. The SMILES string of the molecule is C.C1CCOC1.CCc1cnc(Cl)nc1Cl.Clc1ncc(CI)c(Cl)n1. The van der Waals surface area contributed by atoms with Gasteiger partial charge in [0.05, 0.1) is 0 Å². The average Bonchev–Trinajstić information content (AvgIpc) is 3.15. The minimum absolute atomic E-state index is 0. The summed E-state index contributed by atoms with van der Waals surface area (Å²) < 4.78 is 5.74. The fourth-order valence-corrected chi connectivity index (χ4v) is 3.16. The molecule has 1 aliphatic heterocycles. The van der Waals surface area contributed by atoms with E-state index in [0.29, 0.717) is 10.3 Å². The van der Waals surface area contributed by atoms with Crippen molar-refractivity contribution >= 4 is 69.0 Å². The molecule has 0 spiro atoms. The molecule has 0 bridgehead atoms. The molecule has 0 aliphatic carbocycles. The molecule has 0 N–H and O–H groups in total. The zero-order valence-corrected chi connectivity index (χ0v) is 18.7. The molecule has 2 aromatic rings. The number of aryl methyl sites for hydroxylation is 1. The van der Waals surface area contributed by atoms with Crippen molar-refractivity contribution in [3.8, 4) is 0 Å². The molecule has 3 rings (SSSR count). The molecule has 0 amide bonds. The van der Waals surface area contributed by atoms with Gasteiger partial charge in [0.25, 0.3) is 0 Å². The maximum atomic E-state index is 5.69. The lowest BCUT2D eigenvalue weighted by molar-refractivity contribution is 0.198. The lowest BCUT2D eigenvalue weighted by Crippen LogP contribution is -1.89. The predicted molar refractivity (Wildman–Crippen MR) is 118 cm³/mol. The predicted octanol–water partition coefficient (Wildman–Crippen LogP) is 6.50. The van der Waals surface area contributed by atoms with E-state index >= 15 is 0 Å². The summed E-state index contributed by atoms with van der Waals surface area (Å²) in [4.78, 5) is 15.1. The van der Waals surface area contributed by atoms with E-state index in [0.717, 1.165) is 35.2 Å². The Bertz CT molecular complexity index is 601. The van der Waals surface area contributed by atoms with Crippen LogP contribution in [0.25, 0.3) is 0 Å². The Hall–Kier alpha value is 0.01000. The van der Waals surface area contributed by atoms with E-state index in [1.54, 1.807) is 12.4 Å². The van der Waals surface area contributed by atoms with Crippen LogP contribution in [0.5, 0.6) is 0 Å². The largest absolute Gasteiger partial charge is 0.381 e. The van der Waals surface area contributed by atoms with Crippen LogP contribution in [0.2, 0.25) is 20.9 Å². The fourth-order valence-electron chi connectivity index (χ4n) is 1.57. The summed E-state index contributed by atoms with van der Waals surface area (Å²) in [6.07, 6.45) is 6.65. The van der Waals surface area contributed by atoms with E-state index in [4.69, 9.17) is 51.1 Å². The van der Waals surface area contributed by atoms with Crippen molar-refractivity contribution in [3.63, 3.8) is 0 Å². The van der Waals surface area contributed by atoms with E-state index in [-0.39, 0.29) is 18.0 Å². The summed E-state index contributed by atoms with van der Waals surface area (Å²) >= 11 is 24.5. The van der Waals surface area contributed by atoms with Crippen LogP contribution in [0.3, 0.4) is 0 Å². The maximum absolute atomic E-state index is 5.69. The summed E-state index contributed by atoms with van der Waals surface area (Å²) in [6.45, 7) is 3.98. The Labute approximate surface area is 188 Å². The van der Waals surface area contributed by atoms with Crippen molar-refractivity contribution in [1.29, 1.82) is 0 Å². The van der Waals surface area contributed by atoms with E-state index < -0.39 is 0 Å². The van der Waals surface area contributed by atoms with Gasteiger partial charge < -0.3 is 4.74 Å². The minimum atomic E-state index is 0. The van der Waals surface area contributed by atoms with Crippen LogP contribution in [-0.2, 0) is 15.6 Å². The Balaban J connectivity index is 0.000000372. The highest BCUT2D eigenvalue weighted by Crippen LogP contribution is 2.16. The van der Waals surface area contributed by atoms with E-state index in [1.807, 2.05) is 6.92 Å². The molecule has 0 aromatic carbocycles. The molecule has 0 unspecified atom stereocenters. The summed E-state index contributed by atoms with van der Waals surface area (Å²) in [5.41, 5.74) is 1.83. The molecule has 146 valence electrons. The van der Waals surface area contributed by atoms with Crippen LogP contribution >= 0.6 is 69.0 Å². The normalized spacial score (nSPS) is 12.2. The standard InChI is InChI=1S/C6H6Cl2N2.C5H3Cl2IN2.C4H8O.CH4/c1-2-4-3-9-6(8)10-5(4)7;6-4-3(1-8)2-9-5(7)10-4;1-2-4-5-3-1;/h3H,2H2,1H3;2H,1H2;1-4H2;1H4. The Morgan fingerprint density at radius 3 is 1.69 bits per heavy atom. The van der Waals surface area contributed by atoms with Crippen molar-refractivity contribution in [2.75, 3.05) is 13.2 Å². The molecule has 5 nitrogen and oxygen atoms in total. The molecular weight excluding hydrogens is 533 g/mol. The van der Waals surface area contributed by atoms with Crippen molar-refractivity contribution in [3.05, 3.63) is 44.4 Å². The Morgan fingerprint density at radius 2 is 1.38 bits per heavy atom. The quantitative estimate of drug-likeness (QED) is 0.184. The average molecular weight is 554 g/mol. The van der Waals surface area contributed by atoms with Crippen molar-refractivity contribution < 1.29 is 4.74 Å². The van der Waals surface area contributed by atoms with Gasteiger partial charge in [-0.3, -0.25) is 0 Å². The third kappa shape index (κ3) is 10.4. The van der Waals surface area contributed by atoms with Gasteiger partial charge in [0.1, 0.15) is 10.3 Å². The zero-order chi connectivity index (χ0) is 18.7. The van der Waals surface area contributed by atoms with E-state index in [9.17, 15) is 0 Å². The van der Waals surface area contributed by atoms with Gasteiger partial charge in [0.15, 0.2) is 0 Å². The second-order valence-corrected chi connectivity index (χ2v) is 6.87. The van der Waals surface area contributed by atoms with Crippen LogP contribution in [0.15, 0.2) is 12.4 Å². The molecule has 26 heavy (non-hydrogen) atoms. The summed E-state index contributed by atoms with van der Waals surface area (Å²) in [6, 6.07) is 0. The number of ether oxygens (including phenoxy) is 1. The molecule has 0 radical (unpaired) electrons. The molecule has 1 aliphatic rings. The molecule has 1 fully saturated rings. The van der Waals surface area contributed by atoms with Crippen LogP contribution in [0, 0.1) is 0 Å². The third-order valence-electron chi connectivity index (χ3n) is 2.92. The number of rotatable bonds is 2. The highest BCUT2D eigenvalue weighted by atomic mass is 127. The van der Waals surface area contributed by atoms with Crippen LogP contribution in [-0.4, -0.2) is 33.1 Å². The van der Waals surface area contributed by atoms with Gasteiger partial charge in [0, 0.05) is 41.2 Å². The van der Waals surface area contributed by atoms with Gasteiger partial charge in [-0.2, -0.15) is 0 Å². The Morgan fingerprint density at radius 1 is 0.923 bits per heavy atom. The number of alkyl halides is 1. The van der Waals surface area contributed by atoms with Crippen molar-refractivity contribution in [2.24, 2.45) is 0 Å². The number of halogens is 5. The Kier molecular flexibility index (Phi) is 15.0. The summed E-state index contributed by atoms with van der Waals surface area (Å²) in [7, 11) is 0. The van der Waals surface area contributed by atoms with Gasteiger partial charge in [-0.05, 0) is 42.5 Å². The van der Waals surface area contributed by atoms with Crippen molar-refractivity contribution in [1.82, 2.24) is 19.9 Å². The third-order valence-corrected chi connectivity index (χ3v) is 4.76. The monoisotopic (exact) mass is 552 g/mol. The number of aromatic nitrogens is 4. The minimum Gasteiger partial charge on any atom is -0.381 e. The topological polar surface area (TPSA) is 60.8 Å².